The lowest BCUT2D eigenvalue weighted by Crippen LogP contribution is -2.50. The van der Waals surface area contributed by atoms with Gasteiger partial charge in [-0.3, -0.25) is 9.69 Å². The fourth-order valence-electron chi connectivity index (χ4n) is 6.05. The maximum Gasteiger partial charge on any atom is 0.225 e. The maximum atomic E-state index is 14.7. The molecule has 1 aromatic rings. The molecule has 0 atom stereocenters. The second kappa shape index (κ2) is 7.66. The third kappa shape index (κ3) is 3.84. The van der Waals surface area contributed by atoms with E-state index in [0.717, 1.165) is 26.2 Å². The molecular weight excluding hydrogens is 367 g/mol. The van der Waals surface area contributed by atoms with Gasteiger partial charge in [0.05, 0.1) is 5.60 Å². The Morgan fingerprint density at radius 2 is 1.69 bits per heavy atom. The Morgan fingerprint density at radius 1 is 1.07 bits per heavy atom. The molecule has 158 valence electrons. The number of nitrogens with zero attached hydrogens (tertiary/aromatic N) is 2. The van der Waals surface area contributed by atoms with E-state index in [1.165, 1.54) is 44.6 Å². The Labute approximate surface area is 173 Å². The molecule has 3 saturated heterocycles. The van der Waals surface area contributed by atoms with Crippen molar-refractivity contribution in [1.29, 1.82) is 0 Å². The van der Waals surface area contributed by atoms with Crippen LogP contribution in [0.3, 0.4) is 0 Å². The van der Waals surface area contributed by atoms with Crippen LogP contribution in [0.1, 0.15) is 62.5 Å². The van der Waals surface area contributed by atoms with Gasteiger partial charge in [-0.25, -0.2) is 4.39 Å². The zero-order valence-corrected chi connectivity index (χ0v) is 17.3. The van der Waals surface area contributed by atoms with Gasteiger partial charge in [-0.1, -0.05) is 12.1 Å². The molecule has 3 aliphatic heterocycles. The second-order valence-electron chi connectivity index (χ2n) is 10.1. The highest BCUT2D eigenvalue weighted by Crippen LogP contribution is 2.47. The van der Waals surface area contributed by atoms with Crippen molar-refractivity contribution in [3.05, 3.63) is 35.1 Å². The Balaban J connectivity index is 1.22. The van der Waals surface area contributed by atoms with E-state index in [9.17, 15) is 14.3 Å². The summed E-state index contributed by atoms with van der Waals surface area (Å²) in [5.41, 5.74) is 0.268. The summed E-state index contributed by atoms with van der Waals surface area (Å²) >= 11 is 0. The molecule has 0 aromatic heterocycles. The number of carbonyl (C=O) groups excluding carboxylic acids is 1. The minimum Gasteiger partial charge on any atom is -0.385 e. The van der Waals surface area contributed by atoms with Crippen molar-refractivity contribution >= 4 is 5.91 Å². The molecule has 5 heteroatoms. The van der Waals surface area contributed by atoms with Crippen molar-refractivity contribution < 1.29 is 14.3 Å². The van der Waals surface area contributed by atoms with E-state index >= 15 is 0 Å². The van der Waals surface area contributed by atoms with Gasteiger partial charge in [-0.05, 0) is 87.9 Å². The summed E-state index contributed by atoms with van der Waals surface area (Å²) in [5.74, 6) is 1.17. The van der Waals surface area contributed by atoms with Crippen LogP contribution in [-0.2, 0) is 16.9 Å². The number of hydrogen-bond donors (Lipinski definition) is 1. The van der Waals surface area contributed by atoms with Crippen LogP contribution >= 0.6 is 0 Å². The molecule has 0 spiro atoms. The number of carbonyl (C=O) groups is 1. The van der Waals surface area contributed by atoms with Crippen molar-refractivity contribution in [3.63, 3.8) is 0 Å². The zero-order valence-electron chi connectivity index (χ0n) is 17.3. The third-order valence-corrected chi connectivity index (χ3v) is 7.94. The first-order valence-electron chi connectivity index (χ1n) is 11.5. The molecule has 2 bridgehead atoms. The molecule has 1 N–H and O–H groups in total. The van der Waals surface area contributed by atoms with E-state index in [1.807, 2.05) is 12.1 Å². The molecule has 1 aromatic carbocycles. The van der Waals surface area contributed by atoms with E-state index < -0.39 is 5.60 Å². The summed E-state index contributed by atoms with van der Waals surface area (Å²) in [4.78, 5) is 17.4. The third-order valence-electron chi connectivity index (χ3n) is 7.94. The minimum absolute atomic E-state index is 0.121. The highest BCUT2D eigenvalue weighted by atomic mass is 19.1. The number of aliphatic hydroxyl groups is 1. The molecule has 6 rings (SSSR count). The summed E-state index contributed by atoms with van der Waals surface area (Å²) < 4.78 is 14.7. The topological polar surface area (TPSA) is 43.8 Å². The van der Waals surface area contributed by atoms with Gasteiger partial charge in [0.2, 0.25) is 5.91 Å². The van der Waals surface area contributed by atoms with Gasteiger partial charge in [-0.15, -0.1) is 0 Å². The van der Waals surface area contributed by atoms with Gasteiger partial charge < -0.3 is 10.0 Å². The first-order valence-corrected chi connectivity index (χ1v) is 11.5. The Kier molecular flexibility index (Phi) is 5.15. The Hall–Kier alpha value is -1.46. The lowest BCUT2D eigenvalue weighted by molar-refractivity contribution is -0.153. The van der Waals surface area contributed by atoms with Crippen LogP contribution in [0.4, 0.5) is 4.39 Å². The summed E-state index contributed by atoms with van der Waals surface area (Å²) in [5, 5.41) is 11.0. The Bertz CT molecular complexity index is 748. The highest BCUT2D eigenvalue weighted by Gasteiger charge is 2.49. The molecule has 0 radical (unpaired) electrons. The normalized spacial score (nSPS) is 34.8. The number of benzene rings is 1. The number of halogens is 1. The molecule has 5 aliphatic rings. The predicted molar refractivity (Wildman–Crippen MR) is 110 cm³/mol. The van der Waals surface area contributed by atoms with Crippen LogP contribution in [0.5, 0.6) is 0 Å². The van der Waals surface area contributed by atoms with Crippen molar-refractivity contribution in [3.8, 4) is 0 Å². The highest BCUT2D eigenvalue weighted by molar-refractivity contribution is 5.80. The average Bonchev–Trinajstić information content (AvgIpc) is 3.02. The van der Waals surface area contributed by atoms with Crippen LogP contribution in [0, 0.1) is 23.6 Å². The molecule has 3 heterocycles. The standard InChI is InChI=1S/C24H33FN2O2/c25-22-11-21(8-7-19(22)16-26-9-1-2-10-26)24(29)12-20(13-24)23(28)27-14-17-3-4-18(15-27)6-5-17/h7-8,11,17-18,20,29H,1-6,9-10,12-16H2. The van der Waals surface area contributed by atoms with Gasteiger partial charge in [0.25, 0.3) is 0 Å². The van der Waals surface area contributed by atoms with E-state index in [1.54, 1.807) is 0 Å². The van der Waals surface area contributed by atoms with E-state index in [-0.39, 0.29) is 17.6 Å². The number of likely N-dealkylation sites (tertiary alicyclic amines) is 1. The van der Waals surface area contributed by atoms with Crippen molar-refractivity contribution in [2.45, 2.75) is 63.5 Å². The maximum absolute atomic E-state index is 14.7. The van der Waals surface area contributed by atoms with Gasteiger partial charge in [0.15, 0.2) is 0 Å². The molecule has 29 heavy (non-hydrogen) atoms. The zero-order chi connectivity index (χ0) is 20.0. The number of amides is 1. The molecule has 4 nitrogen and oxygen atoms in total. The number of hydrogen-bond acceptors (Lipinski definition) is 3. The number of fused-ring (bicyclic) bond motifs is 4. The first-order chi connectivity index (χ1) is 14.0. The quantitative estimate of drug-likeness (QED) is 0.839. The monoisotopic (exact) mass is 400 g/mol. The molecule has 2 saturated carbocycles. The van der Waals surface area contributed by atoms with E-state index in [4.69, 9.17) is 0 Å². The SMILES string of the molecule is O=C(C1CC(O)(c2ccc(CN3CCCC3)c(F)c2)C1)N1CC2CCC(CC2)C1. The van der Waals surface area contributed by atoms with Gasteiger partial charge in [0, 0.05) is 31.1 Å². The second-order valence-corrected chi connectivity index (χ2v) is 10.1. The van der Waals surface area contributed by atoms with E-state index in [2.05, 4.69) is 9.80 Å². The summed E-state index contributed by atoms with van der Waals surface area (Å²) in [6, 6.07) is 5.18. The van der Waals surface area contributed by atoms with Crippen LogP contribution in [-0.4, -0.2) is 47.0 Å². The largest absolute Gasteiger partial charge is 0.385 e. The van der Waals surface area contributed by atoms with Crippen molar-refractivity contribution in [2.24, 2.45) is 17.8 Å². The van der Waals surface area contributed by atoms with Crippen molar-refractivity contribution in [1.82, 2.24) is 9.80 Å². The van der Waals surface area contributed by atoms with E-state index in [0.29, 0.717) is 42.3 Å². The molecule has 2 aliphatic carbocycles. The predicted octanol–water partition coefficient (Wildman–Crippen LogP) is 3.67. The summed E-state index contributed by atoms with van der Waals surface area (Å²) in [7, 11) is 0. The fraction of sp³-hybridized carbons (Fsp3) is 0.708. The fourth-order valence-corrected chi connectivity index (χ4v) is 6.05. The molecule has 5 fully saturated rings. The van der Waals surface area contributed by atoms with Crippen LogP contribution < -0.4 is 0 Å². The first kappa shape index (κ1) is 19.5. The minimum atomic E-state index is -1.06. The molecule has 1 amide bonds. The van der Waals surface area contributed by atoms with Crippen LogP contribution in [0.15, 0.2) is 18.2 Å². The van der Waals surface area contributed by atoms with Gasteiger partial charge >= 0.3 is 0 Å². The summed E-state index contributed by atoms with van der Waals surface area (Å²) in [6.07, 6.45) is 8.24. The molecular formula is C24H33FN2O2. The van der Waals surface area contributed by atoms with Crippen molar-refractivity contribution in [2.75, 3.05) is 26.2 Å². The van der Waals surface area contributed by atoms with Gasteiger partial charge in [0.1, 0.15) is 5.82 Å². The molecule has 0 unspecified atom stereocenters. The smallest absolute Gasteiger partial charge is 0.225 e. The average molecular weight is 401 g/mol. The summed E-state index contributed by atoms with van der Waals surface area (Å²) in [6.45, 7) is 4.50. The van der Waals surface area contributed by atoms with Crippen LogP contribution in [0.2, 0.25) is 0 Å². The lowest BCUT2D eigenvalue weighted by atomic mass is 9.66. The van der Waals surface area contributed by atoms with Crippen LogP contribution in [0.25, 0.3) is 0 Å². The lowest BCUT2D eigenvalue weighted by Gasteiger charge is -2.45. The Morgan fingerprint density at radius 3 is 2.28 bits per heavy atom. The van der Waals surface area contributed by atoms with Gasteiger partial charge in [-0.2, -0.15) is 0 Å². The number of rotatable bonds is 4.